The van der Waals surface area contributed by atoms with Crippen molar-refractivity contribution < 1.29 is 17.3 Å². The van der Waals surface area contributed by atoms with Gasteiger partial charge in [0, 0.05) is 0 Å². The lowest BCUT2D eigenvalue weighted by Crippen LogP contribution is -2.48. The van der Waals surface area contributed by atoms with Crippen LogP contribution < -0.4 is 0 Å². The predicted molar refractivity (Wildman–Crippen MR) is 69.2 cm³/mol. The van der Waals surface area contributed by atoms with Crippen LogP contribution in [0.5, 0.6) is 0 Å². The van der Waals surface area contributed by atoms with Gasteiger partial charge in [-0.3, -0.25) is 0 Å². The van der Waals surface area contributed by atoms with Crippen molar-refractivity contribution in [3.05, 3.63) is 29.8 Å². The molecule has 5 heteroatoms. The van der Waals surface area contributed by atoms with Crippen molar-refractivity contribution in [2.45, 2.75) is 31.1 Å². The molecule has 18 heavy (non-hydrogen) atoms. The molecule has 0 bridgehead atoms. The van der Waals surface area contributed by atoms with Crippen LogP contribution in [-0.2, 0) is 14.4 Å². The predicted octanol–water partition coefficient (Wildman–Crippen LogP) is 2.25. The first-order valence-corrected chi connectivity index (χ1v) is 7.70. The van der Waals surface area contributed by atoms with Gasteiger partial charge in [0.1, 0.15) is 20.1 Å². The molecule has 1 aliphatic heterocycles. The molecule has 4 nitrogen and oxygen atoms in total. The summed E-state index contributed by atoms with van der Waals surface area (Å²) in [6.45, 7) is 3.44. The number of quaternary nitrogens is 1. The molecule has 1 heterocycles. The molecule has 0 unspecified atom stereocenters. The number of nitrogens with zero attached hydrogens (tertiary/aromatic N) is 1. The Morgan fingerprint density at radius 3 is 2.17 bits per heavy atom. The average molecular weight is 270 g/mol. The maximum atomic E-state index is 12.2. The zero-order valence-electron chi connectivity index (χ0n) is 10.9. The Kier molecular flexibility index (Phi) is 3.75. The van der Waals surface area contributed by atoms with Gasteiger partial charge in [-0.2, -0.15) is 13.1 Å². The molecular formula is C13H20NO3S+. The van der Waals surface area contributed by atoms with E-state index >= 15 is 0 Å². The molecule has 2 rings (SSSR count). The number of piperidine rings is 1. The molecule has 0 N–H and O–H groups in total. The fraction of sp³-hybridized carbons (Fsp3) is 0.538. The van der Waals surface area contributed by atoms with Crippen LogP contribution in [0, 0.1) is 6.92 Å². The second-order valence-corrected chi connectivity index (χ2v) is 6.68. The van der Waals surface area contributed by atoms with Gasteiger partial charge in [0.2, 0.25) is 0 Å². The molecule has 1 aliphatic rings. The molecule has 0 radical (unpaired) electrons. The second kappa shape index (κ2) is 4.99. The summed E-state index contributed by atoms with van der Waals surface area (Å²) in [5.41, 5.74) is 1.03. The number of hydrogen-bond acceptors (Lipinski definition) is 3. The fourth-order valence-electron chi connectivity index (χ4n) is 2.24. The third-order valence-corrected chi connectivity index (χ3v) is 4.76. The highest BCUT2D eigenvalue weighted by molar-refractivity contribution is 7.86. The maximum Gasteiger partial charge on any atom is 0.342 e. The largest absolute Gasteiger partial charge is 0.342 e. The van der Waals surface area contributed by atoms with Crippen molar-refractivity contribution in [3.63, 3.8) is 0 Å². The summed E-state index contributed by atoms with van der Waals surface area (Å²) in [6, 6.07) is 6.76. The zero-order valence-corrected chi connectivity index (χ0v) is 11.7. The Morgan fingerprint density at radius 2 is 1.61 bits per heavy atom. The first-order valence-electron chi connectivity index (χ1n) is 6.29. The van der Waals surface area contributed by atoms with Crippen molar-refractivity contribution >= 4 is 10.1 Å². The SMILES string of the molecule is Cc1ccc(S(=O)(=O)O[N+]2(C)CCCCC2)cc1. The molecule has 100 valence electrons. The van der Waals surface area contributed by atoms with E-state index in [2.05, 4.69) is 0 Å². The Balaban J connectivity index is 2.18. The van der Waals surface area contributed by atoms with Crippen LogP contribution >= 0.6 is 0 Å². The standard InChI is InChI=1S/C13H20NO3S/c1-12-6-8-13(9-7-12)18(15,16)17-14(2)10-4-3-5-11-14/h6-9H,3-5,10-11H2,1-2H3/q+1. The number of rotatable bonds is 3. The zero-order chi connectivity index (χ0) is 13.2. The van der Waals surface area contributed by atoms with Gasteiger partial charge >= 0.3 is 10.1 Å². The van der Waals surface area contributed by atoms with Crippen LogP contribution in [0.3, 0.4) is 0 Å². The fourth-order valence-corrected chi connectivity index (χ4v) is 3.42. The van der Waals surface area contributed by atoms with Gasteiger partial charge < -0.3 is 0 Å². The molecule has 1 saturated heterocycles. The number of hydroxylamine groups is 3. The van der Waals surface area contributed by atoms with E-state index in [1.807, 2.05) is 14.0 Å². The summed E-state index contributed by atoms with van der Waals surface area (Å²) < 4.78 is 29.9. The molecule has 0 aromatic heterocycles. The average Bonchev–Trinajstić information content (AvgIpc) is 2.29. The summed E-state index contributed by atoms with van der Waals surface area (Å²) in [5.74, 6) is 0. The minimum atomic E-state index is -3.66. The van der Waals surface area contributed by atoms with Crippen molar-refractivity contribution in [2.24, 2.45) is 0 Å². The number of hydrogen-bond donors (Lipinski definition) is 0. The minimum Gasteiger partial charge on any atom is -0.189 e. The Morgan fingerprint density at radius 1 is 1.06 bits per heavy atom. The van der Waals surface area contributed by atoms with Crippen LogP contribution in [0.1, 0.15) is 24.8 Å². The summed E-state index contributed by atoms with van der Waals surface area (Å²) in [4.78, 5) is 0.234. The number of aryl methyl sites for hydroxylation is 1. The van der Waals surface area contributed by atoms with Crippen molar-refractivity contribution in [3.8, 4) is 0 Å². The quantitative estimate of drug-likeness (QED) is 0.791. The van der Waals surface area contributed by atoms with Crippen LogP contribution in [0.15, 0.2) is 29.2 Å². The van der Waals surface area contributed by atoms with E-state index in [9.17, 15) is 8.42 Å². The Bertz CT molecular complexity index is 502. The minimum absolute atomic E-state index is 0.163. The lowest BCUT2D eigenvalue weighted by atomic mass is 10.1. The molecule has 0 saturated carbocycles. The topological polar surface area (TPSA) is 43.4 Å². The maximum absolute atomic E-state index is 12.2. The van der Waals surface area contributed by atoms with Crippen molar-refractivity contribution in [1.29, 1.82) is 0 Å². The normalized spacial score (nSPS) is 19.7. The molecular weight excluding hydrogens is 250 g/mol. The summed E-state index contributed by atoms with van der Waals surface area (Å²) in [6.07, 6.45) is 3.18. The van der Waals surface area contributed by atoms with Gasteiger partial charge in [-0.15, -0.1) is 0 Å². The molecule has 0 aliphatic carbocycles. The third kappa shape index (κ3) is 3.10. The molecule has 1 aromatic rings. The third-order valence-electron chi connectivity index (χ3n) is 3.35. The van der Waals surface area contributed by atoms with E-state index in [0.717, 1.165) is 37.9 Å². The van der Waals surface area contributed by atoms with Crippen LogP contribution in [-0.4, -0.2) is 33.2 Å². The number of benzene rings is 1. The van der Waals surface area contributed by atoms with E-state index in [1.54, 1.807) is 24.3 Å². The van der Waals surface area contributed by atoms with Crippen molar-refractivity contribution in [1.82, 2.24) is 0 Å². The first kappa shape index (κ1) is 13.5. The second-order valence-electron chi connectivity index (χ2n) is 5.15. The van der Waals surface area contributed by atoms with E-state index in [0.29, 0.717) is 0 Å². The molecule has 0 amide bonds. The van der Waals surface area contributed by atoms with E-state index in [-0.39, 0.29) is 9.54 Å². The van der Waals surface area contributed by atoms with Crippen LogP contribution in [0.4, 0.5) is 0 Å². The highest BCUT2D eigenvalue weighted by atomic mass is 32.2. The van der Waals surface area contributed by atoms with Gasteiger partial charge in [-0.05, 0) is 38.3 Å². The number of likely N-dealkylation sites (tertiary alicyclic amines) is 1. The molecule has 1 fully saturated rings. The van der Waals surface area contributed by atoms with E-state index in [1.165, 1.54) is 0 Å². The van der Waals surface area contributed by atoms with Crippen molar-refractivity contribution in [2.75, 3.05) is 20.1 Å². The lowest BCUT2D eigenvalue weighted by Gasteiger charge is -2.33. The van der Waals surface area contributed by atoms with Gasteiger partial charge in [0.05, 0.1) is 4.90 Å². The molecule has 0 atom stereocenters. The summed E-state index contributed by atoms with van der Waals surface area (Å²) >= 11 is 0. The Labute approximate surface area is 109 Å². The smallest absolute Gasteiger partial charge is 0.189 e. The highest BCUT2D eigenvalue weighted by Crippen LogP contribution is 2.22. The van der Waals surface area contributed by atoms with Gasteiger partial charge in [-0.1, -0.05) is 22.0 Å². The summed E-state index contributed by atoms with van der Waals surface area (Å²) in [7, 11) is -1.82. The monoisotopic (exact) mass is 270 g/mol. The van der Waals surface area contributed by atoms with Gasteiger partial charge in [0.15, 0.2) is 0 Å². The van der Waals surface area contributed by atoms with Gasteiger partial charge in [0.25, 0.3) is 0 Å². The molecule has 0 spiro atoms. The van der Waals surface area contributed by atoms with Gasteiger partial charge in [-0.25, -0.2) is 0 Å². The van der Waals surface area contributed by atoms with Crippen LogP contribution in [0.25, 0.3) is 0 Å². The summed E-state index contributed by atoms with van der Waals surface area (Å²) in [5, 5.41) is 0. The highest BCUT2D eigenvalue weighted by Gasteiger charge is 2.34. The first-order chi connectivity index (χ1) is 8.41. The Hall–Kier alpha value is -0.910. The lowest BCUT2D eigenvalue weighted by molar-refractivity contribution is -1.07. The molecule has 1 aromatic carbocycles. The van der Waals surface area contributed by atoms with E-state index < -0.39 is 10.1 Å². The van der Waals surface area contributed by atoms with E-state index in [4.69, 9.17) is 4.28 Å². The van der Waals surface area contributed by atoms with Crippen LogP contribution in [0.2, 0.25) is 0 Å².